The lowest BCUT2D eigenvalue weighted by molar-refractivity contribution is 0.0135. The van der Waals surface area contributed by atoms with E-state index in [0.29, 0.717) is 24.9 Å². The minimum absolute atomic E-state index is 0.186. The molecule has 2 saturated heterocycles. The smallest absolute Gasteiger partial charge is 0.254 e. The molecule has 0 saturated carbocycles. The summed E-state index contributed by atoms with van der Waals surface area (Å²) >= 11 is 0. The number of hydrogen-bond acceptors (Lipinski definition) is 5. The molecule has 1 amide bonds. The lowest BCUT2D eigenvalue weighted by Crippen LogP contribution is -2.57. The molecule has 0 spiro atoms. The summed E-state index contributed by atoms with van der Waals surface area (Å²) in [5, 5.41) is 0. The topological polar surface area (TPSA) is 45.3 Å². The highest BCUT2D eigenvalue weighted by Crippen LogP contribution is 2.33. The fourth-order valence-corrected chi connectivity index (χ4v) is 6.72. The second kappa shape index (κ2) is 11.6. The standard InChI is InChI=1S/C34H41N3O3/c1-24-6-4-5-7-31(24)34(38)35-16-14-30(15-17-35)36-18-19-37(25(2)22-36)26(3)29-11-8-27(9-12-29)20-28-10-13-32-33(21-28)40-23-39-32/h4-13,21,25-26,30H,14-20,22-23H2,1-3H3/t25-,26-/m0/s1. The molecule has 3 aliphatic rings. The van der Waals surface area contributed by atoms with Crippen molar-refractivity contribution in [1.29, 1.82) is 0 Å². The maximum absolute atomic E-state index is 13.1. The van der Waals surface area contributed by atoms with E-state index in [4.69, 9.17) is 9.47 Å². The number of likely N-dealkylation sites (tertiary alicyclic amines) is 1. The van der Waals surface area contributed by atoms with Gasteiger partial charge in [0.15, 0.2) is 11.5 Å². The number of piperidine rings is 1. The maximum atomic E-state index is 13.1. The quantitative estimate of drug-likeness (QED) is 0.403. The zero-order valence-corrected chi connectivity index (χ0v) is 24.0. The normalized spacial score (nSPS) is 21.0. The average Bonchev–Trinajstić information content (AvgIpc) is 3.45. The predicted molar refractivity (Wildman–Crippen MR) is 158 cm³/mol. The molecule has 0 unspecified atom stereocenters. The fraction of sp³-hybridized carbons (Fsp3) is 0.441. The molecule has 40 heavy (non-hydrogen) atoms. The van der Waals surface area contributed by atoms with Gasteiger partial charge in [0.25, 0.3) is 5.91 Å². The van der Waals surface area contributed by atoms with E-state index in [1.54, 1.807) is 0 Å². The Kier molecular flexibility index (Phi) is 7.81. The molecular weight excluding hydrogens is 498 g/mol. The van der Waals surface area contributed by atoms with Crippen LogP contribution in [-0.4, -0.2) is 72.2 Å². The first-order chi connectivity index (χ1) is 19.5. The fourth-order valence-electron chi connectivity index (χ4n) is 6.72. The summed E-state index contributed by atoms with van der Waals surface area (Å²) in [6.07, 6.45) is 3.01. The number of fused-ring (bicyclic) bond motifs is 1. The zero-order valence-electron chi connectivity index (χ0n) is 24.0. The number of amides is 1. The van der Waals surface area contributed by atoms with Crippen molar-refractivity contribution < 1.29 is 14.3 Å². The number of ether oxygens (including phenoxy) is 2. The number of hydrogen-bond donors (Lipinski definition) is 0. The van der Waals surface area contributed by atoms with E-state index >= 15 is 0 Å². The molecule has 3 aliphatic heterocycles. The molecule has 210 valence electrons. The van der Waals surface area contributed by atoms with E-state index in [9.17, 15) is 4.79 Å². The zero-order chi connectivity index (χ0) is 27.6. The molecule has 0 aromatic heterocycles. The molecule has 0 aliphatic carbocycles. The number of benzene rings is 3. The van der Waals surface area contributed by atoms with Crippen molar-refractivity contribution >= 4 is 5.91 Å². The van der Waals surface area contributed by atoms with Crippen LogP contribution < -0.4 is 9.47 Å². The molecule has 3 heterocycles. The SMILES string of the molecule is Cc1ccccc1C(=O)N1CCC(N2CCN([C@@H](C)c3ccc(Cc4ccc5c(c4)OCO5)cc3)[C@@H](C)C2)CC1. The van der Waals surface area contributed by atoms with Crippen LogP contribution >= 0.6 is 0 Å². The maximum Gasteiger partial charge on any atom is 0.254 e. The Hall–Kier alpha value is -3.35. The molecule has 6 nitrogen and oxygen atoms in total. The van der Waals surface area contributed by atoms with Crippen LogP contribution in [0.1, 0.15) is 65.3 Å². The van der Waals surface area contributed by atoms with Crippen LogP contribution in [0, 0.1) is 6.92 Å². The van der Waals surface area contributed by atoms with Gasteiger partial charge in [0.2, 0.25) is 6.79 Å². The van der Waals surface area contributed by atoms with Crippen molar-refractivity contribution in [3.8, 4) is 11.5 Å². The summed E-state index contributed by atoms with van der Waals surface area (Å²) in [6.45, 7) is 12.0. The summed E-state index contributed by atoms with van der Waals surface area (Å²) < 4.78 is 11.0. The van der Waals surface area contributed by atoms with Gasteiger partial charge in [-0.1, -0.05) is 48.5 Å². The first kappa shape index (κ1) is 26.9. The number of piperazine rings is 1. The second-order valence-electron chi connectivity index (χ2n) is 11.7. The molecule has 3 aromatic rings. The molecule has 2 fully saturated rings. The van der Waals surface area contributed by atoms with Crippen molar-refractivity contribution in [2.45, 2.75) is 58.2 Å². The van der Waals surface area contributed by atoms with Gasteiger partial charge in [-0.05, 0) is 80.5 Å². The monoisotopic (exact) mass is 539 g/mol. The van der Waals surface area contributed by atoms with Crippen LogP contribution in [0.2, 0.25) is 0 Å². The second-order valence-corrected chi connectivity index (χ2v) is 11.7. The van der Waals surface area contributed by atoms with Gasteiger partial charge in [0, 0.05) is 56.4 Å². The molecule has 6 rings (SSSR count). The number of aryl methyl sites for hydroxylation is 1. The summed E-state index contributed by atoms with van der Waals surface area (Å²) in [4.78, 5) is 20.4. The summed E-state index contributed by atoms with van der Waals surface area (Å²) in [6, 6.07) is 24.7. The van der Waals surface area contributed by atoms with Crippen LogP contribution in [0.25, 0.3) is 0 Å². The summed E-state index contributed by atoms with van der Waals surface area (Å²) in [5.74, 6) is 1.86. The minimum Gasteiger partial charge on any atom is -0.454 e. The van der Waals surface area contributed by atoms with Crippen LogP contribution in [0.15, 0.2) is 66.7 Å². The highest BCUT2D eigenvalue weighted by Gasteiger charge is 2.33. The van der Waals surface area contributed by atoms with Crippen LogP contribution in [-0.2, 0) is 6.42 Å². The van der Waals surface area contributed by atoms with Crippen molar-refractivity contribution in [2.75, 3.05) is 39.5 Å². The Morgan fingerprint density at radius 1 is 0.900 bits per heavy atom. The summed E-state index contributed by atoms with van der Waals surface area (Å²) in [5.41, 5.74) is 5.82. The van der Waals surface area contributed by atoms with Gasteiger partial charge in [-0.2, -0.15) is 0 Å². The Morgan fingerprint density at radius 3 is 2.38 bits per heavy atom. The average molecular weight is 540 g/mol. The van der Waals surface area contributed by atoms with Crippen LogP contribution in [0.3, 0.4) is 0 Å². The van der Waals surface area contributed by atoms with Crippen molar-refractivity contribution in [3.05, 3.63) is 94.5 Å². The van der Waals surface area contributed by atoms with Crippen molar-refractivity contribution in [1.82, 2.24) is 14.7 Å². The Morgan fingerprint density at radius 2 is 1.62 bits per heavy atom. The molecule has 3 aromatic carbocycles. The van der Waals surface area contributed by atoms with Gasteiger partial charge in [-0.15, -0.1) is 0 Å². The first-order valence-electron chi connectivity index (χ1n) is 14.8. The van der Waals surface area contributed by atoms with E-state index in [-0.39, 0.29) is 5.91 Å². The third-order valence-corrected chi connectivity index (χ3v) is 9.16. The van der Waals surface area contributed by atoms with Crippen LogP contribution in [0.4, 0.5) is 0 Å². The predicted octanol–water partition coefficient (Wildman–Crippen LogP) is 5.69. The first-order valence-corrected chi connectivity index (χ1v) is 14.8. The lowest BCUT2D eigenvalue weighted by Gasteiger charge is -2.47. The Labute approximate surface area is 238 Å². The molecule has 0 bridgehead atoms. The van der Waals surface area contributed by atoms with E-state index in [0.717, 1.165) is 74.6 Å². The van der Waals surface area contributed by atoms with Crippen LogP contribution in [0.5, 0.6) is 11.5 Å². The van der Waals surface area contributed by atoms with E-state index < -0.39 is 0 Å². The van der Waals surface area contributed by atoms with E-state index in [2.05, 4.69) is 64.9 Å². The number of carbonyl (C=O) groups is 1. The highest BCUT2D eigenvalue weighted by molar-refractivity contribution is 5.95. The lowest BCUT2D eigenvalue weighted by atomic mass is 9.97. The number of rotatable bonds is 6. The molecule has 2 atom stereocenters. The summed E-state index contributed by atoms with van der Waals surface area (Å²) in [7, 11) is 0. The molecular formula is C34H41N3O3. The van der Waals surface area contributed by atoms with Gasteiger partial charge in [0.1, 0.15) is 0 Å². The largest absolute Gasteiger partial charge is 0.454 e. The molecule has 0 radical (unpaired) electrons. The molecule has 0 N–H and O–H groups in total. The van der Waals surface area contributed by atoms with Gasteiger partial charge in [-0.3, -0.25) is 14.6 Å². The van der Waals surface area contributed by atoms with Gasteiger partial charge < -0.3 is 14.4 Å². The third-order valence-electron chi connectivity index (χ3n) is 9.16. The van der Waals surface area contributed by atoms with E-state index in [1.165, 1.54) is 16.7 Å². The van der Waals surface area contributed by atoms with Crippen molar-refractivity contribution in [3.63, 3.8) is 0 Å². The highest BCUT2D eigenvalue weighted by atomic mass is 16.7. The Balaban J connectivity index is 1.00. The van der Waals surface area contributed by atoms with Gasteiger partial charge >= 0.3 is 0 Å². The van der Waals surface area contributed by atoms with E-state index in [1.807, 2.05) is 37.3 Å². The third kappa shape index (κ3) is 5.61. The number of nitrogens with zero attached hydrogens (tertiary/aromatic N) is 3. The van der Waals surface area contributed by atoms with Gasteiger partial charge in [-0.25, -0.2) is 0 Å². The minimum atomic E-state index is 0.186. The molecule has 6 heteroatoms. The number of carbonyl (C=O) groups excluding carboxylic acids is 1. The van der Waals surface area contributed by atoms with Gasteiger partial charge in [0.05, 0.1) is 0 Å². The van der Waals surface area contributed by atoms with Crippen molar-refractivity contribution in [2.24, 2.45) is 0 Å². The Bertz CT molecular complexity index is 1330.